The molecule has 2 unspecified atom stereocenters. The first-order valence-corrected chi connectivity index (χ1v) is 7.62. The van der Waals surface area contributed by atoms with Gasteiger partial charge >= 0.3 is 0 Å². The van der Waals surface area contributed by atoms with Gasteiger partial charge in [0.15, 0.2) is 6.10 Å². The van der Waals surface area contributed by atoms with E-state index in [9.17, 15) is 4.79 Å². The average Bonchev–Trinajstić information content (AvgIpc) is 2.46. The number of ether oxygens (including phenoxy) is 1. The average molecular weight is 275 g/mol. The lowest BCUT2D eigenvalue weighted by molar-refractivity contribution is -0.140. The third-order valence-electron chi connectivity index (χ3n) is 3.91. The zero-order valence-electron chi connectivity index (χ0n) is 12.8. The monoisotopic (exact) mass is 275 g/mol. The number of likely N-dealkylation sites (tertiary alicyclic amines) is 1. The van der Waals surface area contributed by atoms with Crippen molar-refractivity contribution in [2.24, 2.45) is 5.92 Å². The summed E-state index contributed by atoms with van der Waals surface area (Å²) in [4.78, 5) is 14.5. The maximum absolute atomic E-state index is 12.5. The van der Waals surface area contributed by atoms with Gasteiger partial charge in [0.2, 0.25) is 0 Å². The zero-order chi connectivity index (χ0) is 14.5. The first kappa shape index (κ1) is 14.9. The van der Waals surface area contributed by atoms with Gasteiger partial charge in [-0.3, -0.25) is 4.79 Å². The molecule has 1 saturated heterocycles. The summed E-state index contributed by atoms with van der Waals surface area (Å²) in [6, 6.07) is 7.89. The minimum absolute atomic E-state index is 0.139. The van der Waals surface area contributed by atoms with Crippen LogP contribution in [0.4, 0.5) is 0 Å². The molecule has 110 valence electrons. The molecular formula is C17H25NO2. The number of nitrogens with zero attached hydrogens (tertiary/aromatic N) is 1. The van der Waals surface area contributed by atoms with E-state index in [4.69, 9.17) is 4.74 Å². The van der Waals surface area contributed by atoms with Gasteiger partial charge < -0.3 is 9.64 Å². The molecule has 0 spiro atoms. The predicted octanol–water partition coefficient (Wildman–Crippen LogP) is 3.41. The van der Waals surface area contributed by atoms with Crippen LogP contribution in [0.5, 0.6) is 5.75 Å². The number of aryl methyl sites for hydroxylation is 1. The molecule has 1 aliphatic heterocycles. The second-order valence-corrected chi connectivity index (χ2v) is 5.86. The minimum atomic E-state index is -0.358. The van der Waals surface area contributed by atoms with Crippen LogP contribution in [0.15, 0.2) is 24.3 Å². The lowest BCUT2D eigenvalue weighted by Crippen LogP contribution is -2.46. The van der Waals surface area contributed by atoms with Crippen molar-refractivity contribution in [1.82, 2.24) is 4.90 Å². The van der Waals surface area contributed by atoms with Crippen LogP contribution in [0.2, 0.25) is 0 Å². The third-order valence-corrected chi connectivity index (χ3v) is 3.91. The second-order valence-electron chi connectivity index (χ2n) is 5.86. The molecule has 1 aliphatic rings. The summed E-state index contributed by atoms with van der Waals surface area (Å²) in [7, 11) is 0. The first-order chi connectivity index (χ1) is 9.60. The number of piperidine rings is 1. The fraction of sp³-hybridized carbons (Fsp3) is 0.588. The highest BCUT2D eigenvalue weighted by Crippen LogP contribution is 2.20. The van der Waals surface area contributed by atoms with Crippen LogP contribution in [0.25, 0.3) is 0 Å². The minimum Gasteiger partial charge on any atom is -0.481 e. The van der Waals surface area contributed by atoms with Crippen LogP contribution in [0.3, 0.4) is 0 Å². The molecule has 3 nitrogen and oxygen atoms in total. The lowest BCUT2D eigenvalue weighted by Gasteiger charge is -2.33. The summed E-state index contributed by atoms with van der Waals surface area (Å²) in [5.41, 5.74) is 1.20. The lowest BCUT2D eigenvalue weighted by atomic mass is 9.99. The molecule has 0 bridgehead atoms. The number of hydrogen-bond donors (Lipinski definition) is 0. The van der Waals surface area contributed by atoms with Crippen molar-refractivity contribution >= 4 is 5.91 Å². The standard InChI is InChI=1S/C17H25NO2/c1-4-16(20-15-9-7-13(2)8-10-15)17(19)18-11-5-6-14(3)12-18/h7-10,14,16H,4-6,11-12H2,1-3H3. The van der Waals surface area contributed by atoms with Crippen LogP contribution >= 0.6 is 0 Å². The smallest absolute Gasteiger partial charge is 0.263 e. The molecule has 1 aromatic rings. The number of amides is 1. The molecule has 0 aromatic heterocycles. The second kappa shape index (κ2) is 6.78. The maximum Gasteiger partial charge on any atom is 0.263 e. The number of hydrogen-bond acceptors (Lipinski definition) is 2. The van der Waals surface area contributed by atoms with Gasteiger partial charge in [0, 0.05) is 13.1 Å². The summed E-state index contributed by atoms with van der Waals surface area (Å²) in [5.74, 6) is 1.52. The van der Waals surface area contributed by atoms with E-state index < -0.39 is 0 Å². The van der Waals surface area contributed by atoms with Crippen molar-refractivity contribution in [3.63, 3.8) is 0 Å². The molecule has 1 amide bonds. The number of benzene rings is 1. The van der Waals surface area contributed by atoms with Crippen molar-refractivity contribution in [1.29, 1.82) is 0 Å². The largest absolute Gasteiger partial charge is 0.481 e. The molecule has 0 saturated carbocycles. The van der Waals surface area contributed by atoms with E-state index in [1.54, 1.807) is 0 Å². The van der Waals surface area contributed by atoms with Crippen LogP contribution < -0.4 is 4.74 Å². The number of carbonyl (C=O) groups is 1. The highest BCUT2D eigenvalue weighted by Gasteiger charge is 2.27. The molecule has 0 N–H and O–H groups in total. The van der Waals surface area contributed by atoms with Crippen molar-refractivity contribution in [3.05, 3.63) is 29.8 Å². The van der Waals surface area contributed by atoms with Crippen LogP contribution in [-0.2, 0) is 4.79 Å². The summed E-state index contributed by atoms with van der Waals surface area (Å²) in [6.45, 7) is 8.00. The highest BCUT2D eigenvalue weighted by atomic mass is 16.5. The van der Waals surface area contributed by atoms with Gasteiger partial charge in [0.1, 0.15) is 5.75 Å². The van der Waals surface area contributed by atoms with Gasteiger partial charge in [-0.25, -0.2) is 0 Å². The van der Waals surface area contributed by atoms with E-state index in [2.05, 4.69) is 6.92 Å². The van der Waals surface area contributed by atoms with E-state index in [1.807, 2.05) is 43.0 Å². The van der Waals surface area contributed by atoms with Crippen LogP contribution in [0.1, 0.15) is 38.7 Å². The quantitative estimate of drug-likeness (QED) is 0.842. The first-order valence-electron chi connectivity index (χ1n) is 7.62. The summed E-state index contributed by atoms with van der Waals surface area (Å²) in [6.07, 6.45) is 2.67. The Bertz CT molecular complexity index is 441. The normalized spacial score (nSPS) is 20.6. The Morgan fingerprint density at radius 3 is 2.70 bits per heavy atom. The van der Waals surface area contributed by atoms with Crippen LogP contribution in [-0.4, -0.2) is 30.0 Å². The molecule has 0 aliphatic carbocycles. The van der Waals surface area contributed by atoms with Gasteiger partial charge in [-0.15, -0.1) is 0 Å². The van der Waals surface area contributed by atoms with Gasteiger partial charge in [-0.2, -0.15) is 0 Å². The van der Waals surface area contributed by atoms with Crippen molar-refractivity contribution in [2.75, 3.05) is 13.1 Å². The predicted molar refractivity (Wildman–Crippen MR) is 80.9 cm³/mol. The Morgan fingerprint density at radius 1 is 1.40 bits per heavy atom. The summed E-state index contributed by atoms with van der Waals surface area (Å²) in [5, 5.41) is 0. The van der Waals surface area contributed by atoms with E-state index in [0.29, 0.717) is 12.3 Å². The van der Waals surface area contributed by atoms with E-state index in [0.717, 1.165) is 25.3 Å². The van der Waals surface area contributed by atoms with Gasteiger partial charge in [-0.1, -0.05) is 31.5 Å². The molecule has 20 heavy (non-hydrogen) atoms. The fourth-order valence-electron chi connectivity index (χ4n) is 2.68. The number of rotatable bonds is 4. The van der Waals surface area contributed by atoms with Crippen molar-refractivity contribution in [2.45, 2.75) is 46.1 Å². The molecular weight excluding hydrogens is 250 g/mol. The molecule has 1 aromatic carbocycles. The van der Waals surface area contributed by atoms with Gasteiger partial charge in [0.25, 0.3) is 5.91 Å². The summed E-state index contributed by atoms with van der Waals surface area (Å²) < 4.78 is 5.88. The van der Waals surface area contributed by atoms with E-state index in [1.165, 1.54) is 12.0 Å². The zero-order valence-corrected chi connectivity index (χ0v) is 12.8. The molecule has 2 atom stereocenters. The molecule has 0 radical (unpaired) electrons. The fourth-order valence-corrected chi connectivity index (χ4v) is 2.68. The Morgan fingerprint density at radius 2 is 2.10 bits per heavy atom. The van der Waals surface area contributed by atoms with Gasteiger partial charge in [-0.05, 0) is 44.2 Å². The molecule has 1 fully saturated rings. The highest BCUT2D eigenvalue weighted by molar-refractivity contribution is 5.81. The van der Waals surface area contributed by atoms with Gasteiger partial charge in [0.05, 0.1) is 0 Å². The Labute approximate surface area is 121 Å². The topological polar surface area (TPSA) is 29.5 Å². The SMILES string of the molecule is CCC(Oc1ccc(C)cc1)C(=O)N1CCCC(C)C1. The molecule has 2 rings (SSSR count). The Kier molecular flexibility index (Phi) is 5.05. The van der Waals surface area contributed by atoms with Crippen molar-refractivity contribution in [3.8, 4) is 5.75 Å². The maximum atomic E-state index is 12.5. The Hall–Kier alpha value is -1.51. The third kappa shape index (κ3) is 3.75. The Balaban J connectivity index is 2.00. The molecule has 3 heteroatoms. The van der Waals surface area contributed by atoms with E-state index >= 15 is 0 Å². The van der Waals surface area contributed by atoms with Crippen LogP contribution in [0, 0.1) is 12.8 Å². The van der Waals surface area contributed by atoms with E-state index in [-0.39, 0.29) is 12.0 Å². The van der Waals surface area contributed by atoms with Crippen molar-refractivity contribution < 1.29 is 9.53 Å². The molecule has 1 heterocycles. The number of carbonyl (C=O) groups excluding carboxylic acids is 1. The summed E-state index contributed by atoms with van der Waals surface area (Å²) >= 11 is 0.